The molecule has 182 valence electrons. The summed E-state index contributed by atoms with van der Waals surface area (Å²) in [6, 6.07) is 8.57. The number of fused-ring (bicyclic) bond motifs is 2. The molecule has 0 saturated carbocycles. The number of ether oxygens (including phenoxy) is 1. The summed E-state index contributed by atoms with van der Waals surface area (Å²) < 4.78 is 25.3. The number of aromatic hydroxyl groups is 1. The van der Waals surface area contributed by atoms with E-state index in [1.807, 2.05) is 26.0 Å². The minimum atomic E-state index is -1.00. The summed E-state index contributed by atoms with van der Waals surface area (Å²) in [5, 5.41) is 15.7. The van der Waals surface area contributed by atoms with Crippen molar-refractivity contribution in [3.8, 4) is 11.6 Å². The molecule has 2 aliphatic rings. The van der Waals surface area contributed by atoms with Crippen LogP contribution in [0.4, 0.5) is 10.1 Å². The van der Waals surface area contributed by atoms with E-state index in [2.05, 4.69) is 10.5 Å². The van der Waals surface area contributed by atoms with Gasteiger partial charge in [-0.15, -0.1) is 0 Å². The molecule has 1 aliphatic carbocycles. The molecule has 0 saturated heterocycles. The maximum atomic E-state index is 15.0. The number of hydrogen-bond donors (Lipinski definition) is 2. The maximum Gasteiger partial charge on any atom is 0.293 e. The highest BCUT2D eigenvalue weighted by Crippen LogP contribution is 2.41. The van der Waals surface area contributed by atoms with Gasteiger partial charge < -0.3 is 24.6 Å². The molecule has 2 amide bonds. The Hall–Kier alpha value is -3.88. The molecule has 9 heteroatoms. The van der Waals surface area contributed by atoms with Crippen molar-refractivity contribution in [2.24, 2.45) is 0 Å². The van der Waals surface area contributed by atoms with Crippen LogP contribution in [-0.2, 0) is 23.1 Å². The second-order valence-electron chi connectivity index (χ2n) is 9.63. The van der Waals surface area contributed by atoms with Crippen molar-refractivity contribution in [3.05, 3.63) is 70.2 Å². The van der Waals surface area contributed by atoms with E-state index in [-0.39, 0.29) is 23.5 Å². The van der Waals surface area contributed by atoms with Crippen LogP contribution in [-0.4, -0.2) is 40.6 Å². The molecule has 1 unspecified atom stereocenters. The predicted octanol–water partition coefficient (Wildman–Crippen LogP) is 4.13. The molecular formula is C26H26FN3O5. The van der Waals surface area contributed by atoms with Gasteiger partial charge in [0.05, 0.1) is 13.2 Å². The van der Waals surface area contributed by atoms with Crippen LogP contribution < -0.4 is 10.1 Å². The topological polar surface area (TPSA) is 105 Å². The maximum absolute atomic E-state index is 15.0. The third-order valence-corrected chi connectivity index (χ3v) is 6.93. The summed E-state index contributed by atoms with van der Waals surface area (Å²) in [4.78, 5) is 28.2. The van der Waals surface area contributed by atoms with E-state index in [1.54, 1.807) is 19.2 Å². The molecule has 0 bridgehead atoms. The van der Waals surface area contributed by atoms with E-state index in [1.165, 1.54) is 11.0 Å². The first-order valence-electron chi connectivity index (χ1n) is 11.4. The van der Waals surface area contributed by atoms with Gasteiger partial charge in [0.1, 0.15) is 17.6 Å². The van der Waals surface area contributed by atoms with Gasteiger partial charge >= 0.3 is 0 Å². The van der Waals surface area contributed by atoms with Crippen molar-refractivity contribution < 1.29 is 28.3 Å². The summed E-state index contributed by atoms with van der Waals surface area (Å²) in [6.07, 6.45) is 2.06. The lowest BCUT2D eigenvalue weighted by Crippen LogP contribution is -2.45. The number of carbonyl (C=O) groups is 2. The third-order valence-electron chi connectivity index (χ3n) is 6.93. The van der Waals surface area contributed by atoms with Crippen molar-refractivity contribution in [3.63, 3.8) is 0 Å². The fourth-order valence-corrected chi connectivity index (χ4v) is 5.21. The average Bonchev–Trinajstić information content (AvgIpc) is 3.39. The first kappa shape index (κ1) is 22.9. The van der Waals surface area contributed by atoms with Gasteiger partial charge in [-0.2, -0.15) is 0 Å². The molecule has 2 aromatic carbocycles. The van der Waals surface area contributed by atoms with Crippen molar-refractivity contribution in [2.75, 3.05) is 19.0 Å². The number of rotatable bonds is 4. The summed E-state index contributed by atoms with van der Waals surface area (Å²) in [7, 11) is 1.56. The number of anilines is 1. The van der Waals surface area contributed by atoms with Gasteiger partial charge in [-0.3, -0.25) is 9.59 Å². The Bertz CT molecular complexity index is 1330. The van der Waals surface area contributed by atoms with Crippen molar-refractivity contribution >= 4 is 17.5 Å². The zero-order valence-corrected chi connectivity index (χ0v) is 19.7. The highest BCUT2D eigenvalue weighted by molar-refractivity contribution is 6.01. The van der Waals surface area contributed by atoms with Crippen LogP contribution in [0.25, 0.3) is 0 Å². The van der Waals surface area contributed by atoms with Crippen LogP contribution in [0.5, 0.6) is 11.6 Å². The SMILES string of the molecule is COc1ccc2c(c1)CCN(C(=O)c1cc(O)no1)C2C(=O)Nc1cc(F)c2c(c1)CCC2(C)C. The summed E-state index contributed by atoms with van der Waals surface area (Å²) in [5.74, 6) is -1.37. The molecule has 35 heavy (non-hydrogen) atoms. The zero-order valence-electron chi connectivity index (χ0n) is 19.7. The van der Waals surface area contributed by atoms with Crippen LogP contribution in [0.3, 0.4) is 0 Å². The number of aryl methyl sites for hydroxylation is 1. The molecule has 5 rings (SSSR count). The molecular weight excluding hydrogens is 453 g/mol. The number of hydrogen-bond acceptors (Lipinski definition) is 6. The summed E-state index contributed by atoms with van der Waals surface area (Å²) in [6.45, 7) is 4.25. The van der Waals surface area contributed by atoms with E-state index in [0.717, 1.165) is 30.0 Å². The number of halogens is 1. The van der Waals surface area contributed by atoms with Crippen LogP contribution in [0.2, 0.25) is 0 Å². The standard InChI is InChI=1S/C26H26FN3O5/c1-26(2)8-6-15-10-16(12-19(27)22(15)26)28-24(32)23-18-5-4-17(34-3)11-14(18)7-9-30(23)25(33)20-13-21(31)29-35-20/h4-5,10-13,23H,6-9H2,1-3H3,(H,28,32)(H,29,31). The number of benzene rings is 2. The zero-order chi connectivity index (χ0) is 24.9. The Morgan fingerprint density at radius 1 is 1.20 bits per heavy atom. The Labute approximate surface area is 201 Å². The average molecular weight is 480 g/mol. The largest absolute Gasteiger partial charge is 0.497 e. The quantitative estimate of drug-likeness (QED) is 0.583. The Kier molecular flexibility index (Phi) is 5.50. The van der Waals surface area contributed by atoms with Gasteiger partial charge in [-0.1, -0.05) is 19.9 Å². The highest BCUT2D eigenvalue weighted by Gasteiger charge is 2.39. The van der Waals surface area contributed by atoms with Crippen molar-refractivity contribution in [2.45, 2.75) is 44.6 Å². The highest BCUT2D eigenvalue weighted by atomic mass is 19.1. The lowest BCUT2D eigenvalue weighted by atomic mass is 9.86. The number of methoxy groups -OCH3 is 1. The number of aromatic nitrogens is 1. The molecule has 1 atom stereocenters. The second kappa shape index (κ2) is 8.41. The van der Waals surface area contributed by atoms with E-state index in [4.69, 9.17) is 9.26 Å². The fourth-order valence-electron chi connectivity index (χ4n) is 5.21. The molecule has 1 aliphatic heterocycles. The summed E-state index contributed by atoms with van der Waals surface area (Å²) in [5.41, 5.74) is 3.16. The van der Waals surface area contributed by atoms with Crippen molar-refractivity contribution in [1.82, 2.24) is 10.1 Å². The minimum Gasteiger partial charge on any atom is -0.497 e. The number of carbonyl (C=O) groups excluding carboxylic acids is 2. The molecule has 0 spiro atoms. The van der Waals surface area contributed by atoms with Gasteiger partial charge in [0.15, 0.2) is 0 Å². The molecule has 8 nitrogen and oxygen atoms in total. The number of nitrogens with one attached hydrogen (secondary N) is 1. The smallest absolute Gasteiger partial charge is 0.293 e. The Morgan fingerprint density at radius 3 is 2.71 bits per heavy atom. The monoisotopic (exact) mass is 479 g/mol. The van der Waals surface area contributed by atoms with Gasteiger partial charge in [0, 0.05) is 12.2 Å². The molecule has 3 aromatic rings. The normalized spacial score (nSPS) is 18.1. The minimum absolute atomic E-state index is 0.178. The number of nitrogens with zero attached hydrogens (tertiary/aromatic N) is 2. The summed E-state index contributed by atoms with van der Waals surface area (Å²) >= 11 is 0. The Morgan fingerprint density at radius 2 is 2.00 bits per heavy atom. The molecule has 1 aromatic heterocycles. The van der Waals surface area contributed by atoms with E-state index < -0.39 is 23.7 Å². The van der Waals surface area contributed by atoms with Crippen molar-refractivity contribution in [1.29, 1.82) is 0 Å². The lowest BCUT2D eigenvalue weighted by Gasteiger charge is -2.36. The molecule has 2 N–H and O–H groups in total. The van der Waals surface area contributed by atoms with Gasteiger partial charge in [0.2, 0.25) is 5.76 Å². The molecule has 0 fully saturated rings. The van der Waals surface area contributed by atoms with E-state index in [9.17, 15) is 14.7 Å². The number of amides is 2. The second-order valence-corrected chi connectivity index (χ2v) is 9.63. The molecule has 2 heterocycles. The van der Waals surface area contributed by atoms with E-state index >= 15 is 4.39 Å². The van der Waals surface area contributed by atoms with Gasteiger partial charge in [-0.25, -0.2) is 4.39 Å². The fraction of sp³-hybridized carbons (Fsp3) is 0.346. The van der Waals surface area contributed by atoms with Crippen LogP contribution in [0.1, 0.15) is 59.1 Å². The first-order valence-corrected chi connectivity index (χ1v) is 11.4. The third kappa shape index (κ3) is 4.00. The predicted molar refractivity (Wildman–Crippen MR) is 125 cm³/mol. The van der Waals surface area contributed by atoms with Crippen LogP contribution in [0.15, 0.2) is 40.9 Å². The van der Waals surface area contributed by atoms with Gasteiger partial charge in [0.25, 0.3) is 17.7 Å². The van der Waals surface area contributed by atoms with Crippen LogP contribution in [0, 0.1) is 5.82 Å². The van der Waals surface area contributed by atoms with Crippen LogP contribution >= 0.6 is 0 Å². The Balaban J connectivity index is 1.51. The molecule has 0 radical (unpaired) electrons. The first-order chi connectivity index (χ1) is 16.7. The van der Waals surface area contributed by atoms with Gasteiger partial charge in [-0.05, 0) is 76.4 Å². The van der Waals surface area contributed by atoms with E-state index in [0.29, 0.717) is 29.0 Å². The lowest BCUT2D eigenvalue weighted by molar-refractivity contribution is -0.121.